The van der Waals surface area contributed by atoms with Crippen LogP contribution in [0.15, 0.2) is 15.8 Å². The molecule has 0 spiro atoms. The molecule has 2 aliphatic heterocycles. The van der Waals surface area contributed by atoms with Gasteiger partial charge in [-0.05, 0) is 13.8 Å². The molecule has 2 saturated heterocycles. The van der Waals surface area contributed by atoms with Gasteiger partial charge in [-0.2, -0.15) is 4.31 Å². The minimum absolute atomic E-state index is 0.110. The maximum atomic E-state index is 12.2. The highest BCUT2D eigenvalue weighted by Crippen LogP contribution is 2.61. The predicted octanol–water partition coefficient (Wildman–Crippen LogP) is -0.745. The van der Waals surface area contributed by atoms with Gasteiger partial charge < -0.3 is 34.2 Å². The van der Waals surface area contributed by atoms with Gasteiger partial charge in [0.2, 0.25) is 0 Å². The van der Waals surface area contributed by atoms with Gasteiger partial charge >= 0.3 is 21.3 Å². The van der Waals surface area contributed by atoms with Crippen LogP contribution in [-0.2, 0) is 36.7 Å². The number of methoxy groups -OCH3 is 1. The number of H-pyrrole nitrogens is 1. The Balaban J connectivity index is 1.57. The van der Waals surface area contributed by atoms with Gasteiger partial charge in [0.1, 0.15) is 18.4 Å². The summed E-state index contributed by atoms with van der Waals surface area (Å²) in [7, 11) is -9.10. The zero-order valence-corrected chi connectivity index (χ0v) is 20.7. The monoisotopic (exact) mass is 546 g/mol. The van der Waals surface area contributed by atoms with Gasteiger partial charge in [-0.3, -0.25) is 23.4 Å². The second-order valence-electron chi connectivity index (χ2n) is 8.10. The number of hydrogen-bond donors (Lipinski definition) is 5. The van der Waals surface area contributed by atoms with Crippen LogP contribution >= 0.6 is 15.6 Å². The Morgan fingerprint density at radius 1 is 1.17 bits per heavy atom. The van der Waals surface area contributed by atoms with Gasteiger partial charge in [-0.25, -0.2) is 13.9 Å². The third-order valence-electron chi connectivity index (χ3n) is 5.48. The molecule has 9 atom stereocenters. The number of aliphatic hydroxyl groups is 2. The lowest BCUT2D eigenvalue weighted by atomic mass is 10.0. The van der Waals surface area contributed by atoms with E-state index in [0.717, 1.165) is 4.57 Å². The fourth-order valence-electron chi connectivity index (χ4n) is 3.64. The molecule has 0 radical (unpaired) electrons. The van der Waals surface area contributed by atoms with Gasteiger partial charge in [0.25, 0.3) is 5.56 Å². The number of aliphatic hydroxyl groups excluding tert-OH is 2. The molecule has 0 aromatic carbocycles. The van der Waals surface area contributed by atoms with Crippen molar-refractivity contribution in [3.63, 3.8) is 0 Å². The third kappa shape index (κ3) is 7.16. The summed E-state index contributed by atoms with van der Waals surface area (Å²) in [6.07, 6.45) is -6.54. The molecule has 2 aliphatic rings. The van der Waals surface area contributed by atoms with Crippen molar-refractivity contribution in [1.82, 2.24) is 9.55 Å². The van der Waals surface area contributed by atoms with Gasteiger partial charge in [-0.1, -0.05) is 0 Å². The van der Waals surface area contributed by atoms with E-state index < -0.39 is 76.5 Å². The molecule has 18 heteroatoms. The highest BCUT2D eigenvalue weighted by Gasteiger charge is 2.44. The van der Waals surface area contributed by atoms with Crippen LogP contribution in [-0.4, -0.2) is 80.1 Å². The Morgan fingerprint density at radius 2 is 1.86 bits per heavy atom. The standard InChI is InChI=1S/C17H28N2O14P2/c1-8-6-19(17(23)18-16(8)22)13-4-10(20)12(31-13)7-29-34(24,25)33-35(26,27)32-14-5-11(28-3)15(21)9(2)30-14/h6,9-15,20-21H,4-5,7H2,1-3H3,(H,24,25)(H,26,27)(H,18,22,23)/t9-,10-,11-,12+,13+,14?,15-/m0/s1. The van der Waals surface area contributed by atoms with E-state index in [1.165, 1.54) is 27.2 Å². The first-order valence-electron chi connectivity index (χ1n) is 10.4. The number of phosphoric ester groups is 2. The first kappa shape index (κ1) is 28.3. The average molecular weight is 546 g/mol. The second-order valence-corrected chi connectivity index (χ2v) is 11.1. The van der Waals surface area contributed by atoms with Crippen LogP contribution in [0, 0.1) is 6.92 Å². The van der Waals surface area contributed by atoms with Crippen LogP contribution in [0.5, 0.6) is 0 Å². The number of phosphoric acid groups is 2. The van der Waals surface area contributed by atoms with Crippen LogP contribution in [0.4, 0.5) is 0 Å². The fourth-order valence-corrected chi connectivity index (χ4v) is 5.79. The predicted molar refractivity (Wildman–Crippen MR) is 114 cm³/mol. The zero-order chi connectivity index (χ0) is 26.1. The molecule has 3 rings (SSSR count). The number of aromatic amines is 1. The Hall–Kier alpha value is -1.26. The quantitative estimate of drug-likeness (QED) is 0.240. The molecule has 2 fully saturated rings. The molecule has 3 heterocycles. The summed E-state index contributed by atoms with van der Waals surface area (Å²) in [6.45, 7) is 2.18. The minimum Gasteiger partial charge on any atom is -0.390 e. The second kappa shape index (κ2) is 11.0. The van der Waals surface area contributed by atoms with Crippen LogP contribution in [0.3, 0.4) is 0 Å². The van der Waals surface area contributed by atoms with Crippen molar-refractivity contribution in [3.8, 4) is 0 Å². The molecule has 0 aliphatic carbocycles. The Bertz CT molecular complexity index is 1110. The van der Waals surface area contributed by atoms with Crippen molar-refractivity contribution >= 4 is 15.6 Å². The van der Waals surface area contributed by atoms with Crippen molar-refractivity contribution in [3.05, 3.63) is 32.6 Å². The van der Waals surface area contributed by atoms with Crippen molar-refractivity contribution in [2.45, 2.75) is 69.7 Å². The van der Waals surface area contributed by atoms with Crippen LogP contribution < -0.4 is 11.2 Å². The van der Waals surface area contributed by atoms with Gasteiger partial charge in [0.05, 0.1) is 24.9 Å². The summed E-state index contributed by atoms with van der Waals surface area (Å²) in [5, 5.41) is 20.1. The number of rotatable bonds is 9. The summed E-state index contributed by atoms with van der Waals surface area (Å²) < 4.78 is 55.0. The molecule has 16 nitrogen and oxygen atoms in total. The van der Waals surface area contributed by atoms with Crippen molar-refractivity contribution in [2.75, 3.05) is 13.7 Å². The number of aryl methyl sites for hydroxylation is 1. The molecular formula is C17H28N2O14P2. The van der Waals surface area contributed by atoms with Gasteiger partial charge in [-0.15, -0.1) is 0 Å². The van der Waals surface area contributed by atoms with E-state index in [1.807, 2.05) is 0 Å². The molecule has 0 saturated carbocycles. The average Bonchev–Trinajstić information content (AvgIpc) is 3.11. The third-order valence-corrected chi connectivity index (χ3v) is 8.10. The van der Waals surface area contributed by atoms with E-state index in [0.29, 0.717) is 0 Å². The largest absolute Gasteiger partial charge is 0.483 e. The molecule has 35 heavy (non-hydrogen) atoms. The summed E-state index contributed by atoms with van der Waals surface area (Å²) >= 11 is 0. The van der Waals surface area contributed by atoms with Crippen molar-refractivity contribution in [1.29, 1.82) is 0 Å². The van der Waals surface area contributed by atoms with E-state index in [4.69, 9.17) is 18.7 Å². The molecule has 1 aromatic rings. The molecule has 5 N–H and O–H groups in total. The number of ether oxygens (including phenoxy) is 3. The lowest BCUT2D eigenvalue weighted by molar-refractivity contribution is -0.225. The highest BCUT2D eigenvalue weighted by atomic mass is 31.3. The zero-order valence-electron chi connectivity index (χ0n) is 19.0. The van der Waals surface area contributed by atoms with E-state index in [2.05, 4.69) is 13.8 Å². The van der Waals surface area contributed by atoms with Crippen molar-refractivity contribution < 1.29 is 56.7 Å². The normalized spacial score (nSPS) is 34.9. The summed E-state index contributed by atoms with van der Waals surface area (Å²) in [5.41, 5.74) is -1.14. The number of nitrogens with zero attached hydrogens (tertiary/aromatic N) is 1. The lowest BCUT2D eigenvalue weighted by Crippen LogP contribution is -2.48. The topological polar surface area (TPSA) is 225 Å². The van der Waals surface area contributed by atoms with Crippen LogP contribution in [0.1, 0.15) is 31.6 Å². The first-order valence-corrected chi connectivity index (χ1v) is 13.4. The lowest BCUT2D eigenvalue weighted by Gasteiger charge is -2.37. The molecule has 200 valence electrons. The SMILES string of the molecule is CO[C@H]1CC(OP(=O)(O)OP(=O)(O)OC[C@H]2O[C@@H](n3cc(C)c(=O)[nH]c3=O)C[C@@H]2O)O[C@@H](C)[C@@H]1O. The minimum atomic E-state index is -5.21. The van der Waals surface area contributed by atoms with Gasteiger partial charge in [0.15, 0.2) is 6.29 Å². The summed E-state index contributed by atoms with van der Waals surface area (Å²) in [5.74, 6) is 0. The highest BCUT2D eigenvalue weighted by molar-refractivity contribution is 7.61. The smallest absolute Gasteiger partial charge is 0.390 e. The maximum Gasteiger partial charge on any atom is 0.483 e. The van der Waals surface area contributed by atoms with E-state index in [-0.39, 0.29) is 18.4 Å². The number of hydrogen-bond acceptors (Lipinski definition) is 12. The van der Waals surface area contributed by atoms with Crippen molar-refractivity contribution in [2.24, 2.45) is 0 Å². The number of aromatic nitrogens is 2. The Labute approximate surface area is 198 Å². The summed E-state index contributed by atoms with van der Waals surface area (Å²) in [6, 6.07) is 0. The van der Waals surface area contributed by atoms with Gasteiger partial charge in [0, 0.05) is 31.7 Å². The van der Waals surface area contributed by atoms with E-state index in [9.17, 15) is 38.7 Å². The molecular weight excluding hydrogens is 518 g/mol. The maximum absolute atomic E-state index is 12.2. The molecule has 3 unspecified atom stereocenters. The van der Waals surface area contributed by atoms with Crippen LogP contribution in [0.25, 0.3) is 0 Å². The first-order chi connectivity index (χ1) is 16.2. The fraction of sp³-hybridized carbons (Fsp3) is 0.765. The molecule has 0 amide bonds. The molecule has 1 aromatic heterocycles. The van der Waals surface area contributed by atoms with Crippen LogP contribution in [0.2, 0.25) is 0 Å². The van der Waals surface area contributed by atoms with E-state index >= 15 is 0 Å². The number of nitrogens with one attached hydrogen (secondary N) is 1. The Kier molecular flexibility index (Phi) is 8.90. The van der Waals surface area contributed by atoms with E-state index in [1.54, 1.807) is 0 Å². The Morgan fingerprint density at radius 3 is 2.51 bits per heavy atom. The molecule has 0 bridgehead atoms. The summed E-state index contributed by atoms with van der Waals surface area (Å²) in [4.78, 5) is 45.4.